The van der Waals surface area contributed by atoms with Gasteiger partial charge < -0.3 is 15.2 Å². The molecule has 26 heavy (non-hydrogen) atoms. The minimum atomic E-state index is -0.414. The Morgan fingerprint density at radius 3 is 2.81 bits per heavy atom. The maximum Gasteiger partial charge on any atom is 0.238 e. The number of aromatic nitrogens is 2. The van der Waals surface area contributed by atoms with Crippen LogP contribution in [0.5, 0.6) is 0 Å². The number of thioether (sulfide) groups is 1. The molecular weight excluding hydrogens is 352 g/mol. The second kappa shape index (κ2) is 8.01. The number of nitrogens with one attached hydrogen (secondary N) is 2. The van der Waals surface area contributed by atoms with Gasteiger partial charge in [0, 0.05) is 17.6 Å². The Morgan fingerprint density at radius 2 is 2.04 bits per heavy atom. The molecule has 134 valence electrons. The molecule has 2 aromatic heterocycles. The van der Waals surface area contributed by atoms with Gasteiger partial charge in [-0.05, 0) is 26.0 Å². The monoisotopic (exact) mass is 370 g/mol. The highest BCUT2D eigenvalue weighted by Gasteiger charge is 2.17. The first-order valence-electron chi connectivity index (χ1n) is 8.02. The molecule has 0 aliphatic heterocycles. The first kappa shape index (κ1) is 17.9. The van der Waals surface area contributed by atoms with E-state index in [0.29, 0.717) is 17.3 Å². The van der Waals surface area contributed by atoms with Crippen LogP contribution in [0.2, 0.25) is 0 Å². The van der Waals surface area contributed by atoms with Crippen molar-refractivity contribution >= 4 is 46.0 Å². The number of hydrogen-bond acceptors (Lipinski definition) is 6. The summed E-state index contributed by atoms with van der Waals surface area (Å²) in [5.74, 6) is 0.707. The molecule has 3 rings (SSSR count). The number of nitrogens with zero attached hydrogens (tertiary/aromatic N) is 2. The molecule has 1 aromatic carbocycles. The summed E-state index contributed by atoms with van der Waals surface area (Å²) in [5, 5.41) is 9.76. The predicted molar refractivity (Wildman–Crippen MR) is 102 cm³/mol. The quantitative estimate of drug-likeness (QED) is 0.691. The summed E-state index contributed by atoms with van der Waals surface area (Å²) in [6, 6.07) is 11.0. The maximum absolute atomic E-state index is 12.2. The van der Waals surface area contributed by atoms with Gasteiger partial charge in [0.1, 0.15) is 5.76 Å². The highest BCUT2D eigenvalue weighted by Crippen LogP contribution is 2.21. The molecule has 2 amide bonds. The van der Waals surface area contributed by atoms with Crippen molar-refractivity contribution in [1.82, 2.24) is 10.1 Å². The zero-order valence-corrected chi connectivity index (χ0v) is 15.2. The van der Waals surface area contributed by atoms with Crippen LogP contribution in [0.1, 0.15) is 12.7 Å². The standard InChI is InChI=1S/C18H18N4O3S/c1-11-9-15(22-25-11)21-18(24)12(2)26-10-16(23)20-14-7-3-5-13-6-4-8-19-17(13)14/h3-9,12H,10H2,1-2H3,(H,20,23)(H,21,22,24)/t12-/m1/s1. The van der Waals surface area contributed by atoms with Gasteiger partial charge in [-0.15, -0.1) is 11.8 Å². The fraction of sp³-hybridized carbons (Fsp3) is 0.222. The van der Waals surface area contributed by atoms with Crippen molar-refractivity contribution in [2.24, 2.45) is 0 Å². The number of para-hydroxylation sites is 1. The molecule has 0 aliphatic rings. The number of amides is 2. The first-order valence-corrected chi connectivity index (χ1v) is 9.07. The van der Waals surface area contributed by atoms with E-state index in [2.05, 4.69) is 20.8 Å². The van der Waals surface area contributed by atoms with E-state index >= 15 is 0 Å². The summed E-state index contributed by atoms with van der Waals surface area (Å²) < 4.78 is 4.90. The van der Waals surface area contributed by atoms with Crippen molar-refractivity contribution in [2.75, 3.05) is 16.4 Å². The van der Waals surface area contributed by atoms with Crippen molar-refractivity contribution in [3.05, 3.63) is 48.4 Å². The van der Waals surface area contributed by atoms with Crippen molar-refractivity contribution in [3.63, 3.8) is 0 Å². The van der Waals surface area contributed by atoms with E-state index in [1.165, 1.54) is 11.8 Å². The van der Waals surface area contributed by atoms with E-state index in [4.69, 9.17) is 4.52 Å². The highest BCUT2D eigenvalue weighted by atomic mass is 32.2. The van der Waals surface area contributed by atoms with Gasteiger partial charge in [-0.25, -0.2) is 0 Å². The Balaban J connectivity index is 1.54. The average Bonchev–Trinajstić information content (AvgIpc) is 3.04. The number of anilines is 2. The van der Waals surface area contributed by atoms with Gasteiger partial charge >= 0.3 is 0 Å². The number of rotatable bonds is 6. The Labute approximate surface area is 154 Å². The Kier molecular flexibility index (Phi) is 5.52. The molecule has 0 aliphatic carbocycles. The Hall–Kier alpha value is -2.87. The lowest BCUT2D eigenvalue weighted by Gasteiger charge is -2.11. The van der Waals surface area contributed by atoms with E-state index in [9.17, 15) is 9.59 Å². The lowest BCUT2D eigenvalue weighted by Crippen LogP contribution is -2.25. The van der Waals surface area contributed by atoms with Crippen LogP contribution in [0, 0.1) is 6.92 Å². The van der Waals surface area contributed by atoms with Crippen LogP contribution in [0.3, 0.4) is 0 Å². The van der Waals surface area contributed by atoms with Gasteiger partial charge in [0.15, 0.2) is 5.82 Å². The van der Waals surface area contributed by atoms with E-state index in [0.717, 1.165) is 10.9 Å². The van der Waals surface area contributed by atoms with Gasteiger partial charge in [0.25, 0.3) is 0 Å². The zero-order chi connectivity index (χ0) is 18.5. The highest BCUT2D eigenvalue weighted by molar-refractivity contribution is 8.01. The van der Waals surface area contributed by atoms with Crippen LogP contribution in [-0.2, 0) is 9.59 Å². The van der Waals surface area contributed by atoms with E-state index in [-0.39, 0.29) is 17.6 Å². The molecule has 2 heterocycles. The molecule has 0 unspecified atom stereocenters. The molecule has 1 atom stereocenters. The van der Waals surface area contributed by atoms with Gasteiger partial charge in [-0.3, -0.25) is 14.6 Å². The maximum atomic E-state index is 12.2. The van der Waals surface area contributed by atoms with E-state index in [1.54, 1.807) is 32.2 Å². The minimum absolute atomic E-state index is 0.148. The molecule has 0 radical (unpaired) electrons. The molecular formula is C18H18N4O3S. The van der Waals surface area contributed by atoms with Gasteiger partial charge in [0.2, 0.25) is 11.8 Å². The predicted octanol–water partition coefficient (Wildman–Crippen LogP) is 3.23. The number of fused-ring (bicyclic) bond motifs is 1. The normalized spacial score (nSPS) is 11.9. The van der Waals surface area contributed by atoms with Gasteiger partial charge in [0.05, 0.1) is 22.2 Å². The first-order chi connectivity index (χ1) is 12.5. The topological polar surface area (TPSA) is 97.1 Å². The summed E-state index contributed by atoms with van der Waals surface area (Å²) >= 11 is 1.24. The lowest BCUT2D eigenvalue weighted by molar-refractivity contribution is -0.115. The average molecular weight is 370 g/mol. The van der Waals surface area contributed by atoms with E-state index < -0.39 is 5.25 Å². The molecule has 0 bridgehead atoms. The van der Waals surface area contributed by atoms with Crippen molar-refractivity contribution in [3.8, 4) is 0 Å². The van der Waals surface area contributed by atoms with Crippen LogP contribution in [0.25, 0.3) is 10.9 Å². The van der Waals surface area contributed by atoms with E-state index in [1.807, 2.05) is 24.3 Å². The second-order valence-corrected chi connectivity index (χ2v) is 7.02. The minimum Gasteiger partial charge on any atom is -0.360 e. The Morgan fingerprint density at radius 1 is 1.23 bits per heavy atom. The molecule has 3 aromatic rings. The molecule has 2 N–H and O–H groups in total. The van der Waals surface area contributed by atoms with Gasteiger partial charge in [-0.1, -0.05) is 23.4 Å². The molecule has 0 saturated carbocycles. The SMILES string of the molecule is Cc1cc(NC(=O)[C@@H](C)SCC(=O)Nc2cccc3cccnc23)no1. The van der Waals surface area contributed by atoms with Crippen molar-refractivity contribution in [1.29, 1.82) is 0 Å². The number of carbonyl (C=O) groups is 2. The Bertz CT molecular complexity index is 936. The van der Waals surface area contributed by atoms with Crippen LogP contribution < -0.4 is 10.6 Å². The fourth-order valence-electron chi connectivity index (χ4n) is 2.32. The summed E-state index contributed by atoms with van der Waals surface area (Å²) in [7, 11) is 0. The zero-order valence-electron chi connectivity index (χ0n) is 14.4. The molecule has 8 heteroatoms. The summed E-state index contributed by atoms with van der Waals surface area (Å²) in [5.41, 5.74) is 1.39. The number of benzene rings is 1. The smallest absolute Gasteiger partial charge is 0.238 e. The number of pyridine rings is 1. The third kappa shape index (κ3) is 4.40. The van der Waals surface area contributed by atoms with Gasteiger partial charge in [-0.2, -0.15) is 0 Å². The van der Waals surface area contributed by atoms with Crippen LogP contribution >= 0.6 is 11.8 Å². The number of carbonyl (C=O) groups excluding carboxylic acids is 2. The van der Waals surface area contributed by atoms with Crippen molar-refractivity contribution < 1.29 is 14.1 Å². The van der Waals surface area contributed by atoms with Crippen LogP contribution in [0.4, 0.5) is 11.5 Å². The third-order valence-corrected chi connectivity index (χ3v) is 4.76. The van der Waals surface area contributed by atoms with Crippen molar-refractivity contribution in [2.45, 2.75) is 19.1 Å². The molecule has 7 nitrogen and oxygen atoms in total. The molecule has 0 spiro atoms. The summed E-state index contributed by atoms with van der Waals surface area (Å²) in [6.07, 6.45) is 1.69. The summed E-state index contributed by atoms with van der Waals surface area (Å²) in [4.78, 5) is 28.6. The van der Waals surface area contributed by atoms with Crippen LogP contribution in [0.15, 0.2) is 47.1 Å². The fourth-order valence-corrected chi connectivity index (χ4v) is 3.00. The summed E-state index contributed by atoms with van der Waals surface area (Å²) in [6.45, 7) is 3.48. The number of hydrogen-bond donors (Lipinski definition) is 2. The number of aryl methyl sites for hydroxylation is 1. The molecule has 0 saturated heterocycles. The third-order valence-electron chi connectivity index (χ3n) is 3.62. The second-order valence-electron chi connectivity index (χ2n) is 5.69. The largest absolute Gasteiger partial charge is 0.360 e. The van der Waals surface area contributed by atoms with Crippen LogP contribution in [-0.4, -0.2) is 33.0 Å². The lowest BCUT2D eigenvalue weighted by atomic mass is 10.2. The molecule has 0 fully saturated rings.